The van der Waals surface area contributed by atoms with Gasteiger partial charge in [0.25, 0.3) is 0 Å². The first kappa shape index (κ1) is 29.2. The van der Waals surface area contributed by atoms with E-state index in [1.807, 2.05) is 67.6 Å². The number of rotatable bonds is 13. The SMILES string of the molecule is CCCCNC(=O)[C@@H](Cc1ccccc1)N(Cc1ccccc1)C(=O)CN(c1cccc(Cl)c1)S(C)(=O)=O. The van der Waals surface area contributed by atoms with Gasteiger partial charge in [-0.2, -0.15) is 0 Å². The Balaban J connectivity index is 2.01. The molecule has 0 aliphatic heterocycles. The predicted octanol–water partition coefficient (Wildman–Crippen LogP) is 4.66. The van der Waals surface area contributed by atoms with E-state index in [0.717, 1.165) is 34.5 Å². The lowest BCUT2D eigenvalue weighted by Gasteiger charge is -2.33. The fourth-order valence-electron chi connectivity index (χ4n) is 4.09. The highest BCUT2D eigenvalue weighted by molar-refractivity contribution is 7.92. The molecule has 0 aromatic heterocycles. The average molecular weight is 556 g/mol. The Labute approximate surface area is 230 Å². The van der Waals surface area contributed by atoms with Crippen molar-refractivity contribution in [3.63, 3.8) is 0 Å². The summed E-state index contributed by atoms with van der Waals surface area (Å²) in [6.45, 7) is 2.20. The van der Waals surface area contributed by atoms with Gasteiger partial charge in [0, 0.05) is 24.5 Å². The van der Waals surface area contributed by atoms with Gasteiger partial charge in [-0.05, 0) is 35.7 Å². The fraction of sp³-hybridized carbons (Fsp3) is 0.310. The van der Waals surface area contributed by atoms with E-state index in [1.165, 1.54) is 11.0 Å². The first-order valence-corrected chi connectivity index (χ1v) is 14.8. The summed E-state index contributed by atoms with van der Waals surface area (Å²) in [5.74, 6) is -0.772. The average Bonchev–Trinajstić information content (AvgIpc) is 2.89. The van der Waals surface area contributed by atoms with Crippen molar-refractivity contribution in [2.24, 2.45) is 0 Å². The highest BCUT2D eigenvalue weighted by Gasteiger charge is 2.32. The first-order chi connectivity index (χ1) is 18.2. The van der Waals surface area contributed by atoms with Crippen molar-refractivity contribution in [2.45, 2.75) is 38.8 Å². The van der Waals surface area contributed by atoms with Gasteiger partial charge < -0.3 is 10.2 Å². The molecule has 0 aliphatic carbocycles. The van der Waals surface area contributed by atoms with Crippen LogP contribution in [0.15, 0.2) is 84.9 Å². The van der Waals surface area contributed by atoms with Gasteiger partial charge in [-0.25, -0.2) is 8.42 Å². The number of halogens is 1. The number of unbranched alkanes of at least 4 members (excludes halogenated alkanes) is 1. The normalized spacial score (nSPS) is 12.0. The highest BCUT2D eigenvalue weighted by Crippen LogP contribution is 2.23. The van der Waals surface area contributed by atoms with Gasteiger partial charge in [-0.15, -0.1) is 0 Å². The van der Waals surface area contributed by atoms with Crippen molar-refractivity contribution in [1.82, 2.24) is 10.2 Å². The molecule has 0 spiro atoms. The molecule has 9 heteroatoms. The molecule has 0 radical (unpaired) electrons. The van der Waals surface area contributed by atoms with Crippen molar-refractivity contribution in [1.29, 1.82) is 0 Å². The summed E-state index contributed by atoms with van der Waals surface area (Å²) in [4.78, 5) is 28.9. The summed E-state index contributed by atoms with van der Waals surface area (Å²) in [6.07, 6.45) is 3.06. The molecule has 1 N–H and O–H groups in total. The van der Waals surface area contributed by atoms with Crippen LogP contribution in [-0.4, -0.2) is 50.5 Å². The number of amides is 2. The van der Waals surface area contributed by atoms with Gasteiger partial charge in [0.2, 0.25) is 21.8 Å². The van der Waals surface area contributed by atoms with Gasteiger partial charge in [0.15, 0.2) is 0 Å². The molecule has 202 valence electrons. The standard InChI is InChI=1S/C29H34ClN3O4S/c1-3-4-18-31-29(35)27(19-23-12-7-5-8-13-23)32(21-24-14-9-6-10-15-24)28(34)22-33(38(2,36)37)26-17-11-16-25(30)20-26/h5-17,20,27H,3-4,18-19,21-22H2,1-2H3,(H,31,35)/t27-/m1/s1. The van der Waals surface area contributed by atoms with Gasteiger partial charge in [-0.1, -0.05) is 91.7 Å². The van der Waals surface area contributed by atoms with E-state index < -0.39 is 28.5 Å². The van der Waals surface area contributed by atoms with Gasteiger partial charge in [0.05, 0.1) is 11.9 Å². The minimum absolute atomic E-state index is 0.144. The maximum Gasteiger partial charge on any atom is 0.244 e. The monoisotopic (exact) mass is 555 g/mol. The molecule has 3 aromatic carbocycles. The van der Waals surface area contributed by atoms with Crippen LogP contribution in [0.2, 0.25) is 5.02 Å². The molecule has 7 nitrogen and oxygen atoms in total. The van der Waals surface area contributed by atoms with Crippen LogP contribution in [0.1, 0.15) is 30.9 Å². The van der Waals surface area contributed by atoms with E-state index in [2.05, 4.69) is 5.32 Å². The molecule has 2 amide bonds. The van der Waals surface area contributed by atoms with Gasteiger partial charge in [-0.3, -0.25) is 13.9 Å². The zero-order valence-corrected chi connectivity index (χ0v) is 23.3. The van der Waals surface area contributed by atoms with Gasteiger partial charge in [0.1, 0.15) is 12.6 Å². The van der Waals surface area contributed by atoms with E-state index in [0.29, 0.717) is 11.6 Å². The Morgan fingerprint density at radius 3 is 2.13 bits per heavy atom. The number of anilines is 1. The largest absolute Gasteiger partial charge is 0.354 e. The lowest BCUT2D eigenvalue weighted by molar-refractivity contribution is -0.140. The molecule has 0 saturated carbocycles. The van der Waals surface area contributed by atoms with Crippen molar-refractivity contribution < 1.29 is 18.0 Å². The zero-order valence-electron chi connectivity index (χ0n) is 21.7. The van der Waals surface area contributed by atoms with E-state index in [-0.39, 0.29) is 24.6 Å². The van der Waals surface area contributed by atoms with E-state index in [4.69, 9.17) is 11.6 Å². The van der Waals surface area contributed by atoms with E-state index in [9.17, 15) is 18.0 Å². The Morgan fingerprint density at radius 1 is 0.921 bits per heavy atom. The summed E-state index contributed by atoms with van der Waals surface area (Å²) in [7, 11) is -3.83. The summed E-state index contributed by atoms with van der Waals surface area (Å²) in [5, 5.41) is 3.31. The Hall–Kier alpha value is -3.36. The number of hydrogen-bond donors (Lipinski definition) is 1. The maximum atomic E-state index is 13.9. The molecule has 3 aromatic rings. The maximum absolute atomic E-state index is 13.9. The summed E-state index contributed by atoms with van der Waals surface area (Å²) >= 11 is 6.12. The first-order valence-electron chi connectivity index (χ1n) is 12.6. The van der Waals surface area contributed by atoms with Crippen molar-refractivity contribution in [3.05, 3.63) is 101 Å². The molecule has 3 rings (SSSR count). The summed E-state index contributed by atoms with van der Waals surface area (Å²) in [6, 6.07) is 24.3. The number of carbonyl (C=O) groups excluding carboxylic acids is 2. The third kappa shape index (κ3) is 8.60. The van der Waals surface area contributed by atoms with Crippen LogP contribution in [0, 0.1) is 0 Å². The topological polar surface area (TPSA) is 86.8 Å². The highest BCUT2D eigenvalue weighted by atomic mass is 35.5. The number of carbonyl (C=O) groups is 2. The van der Waals surface area contributed by atoms with E-state index in [1.54, 1.807) is 18.2 Å². The van der Waals surface area contributed by atoms with Crippen molar-refractivity contribution in [3.8, 4) is 0 Å². The second-order valence-electron chi connectivity index (χ2n) is 9.11. The number of nitrogens with one attached hydrogen (secondary N) is 1. The lowest BCUT2D eigenvalue weighted by Crippen LogP contribution is -2.53. The smallest absolute Gasteiger partial charge is 0.244 e. The van der Waals surface area contributed by atoms with Crippen LogP contribution in [0.3, 0.4) is 0 Å². The molecular weight excluding hydrogens is 522 g/mol. The number of hydrogen-bond acceptors (Lipinski definition) is 4. The van der Waals surface area contributed by atoms with Crippen LogP contribution >= 0.6 is 11.6 Å². The molecular formula is C29H34ClN3O4S. The molecule has 0 saturated heterocycles. The molecule has 38 heavy (non-hydrogen) atoms. The molecule has 0 heterocycles. The van der Waals surface area contributed by atoms with Crippen LogP contribution in [0.25, 0.3) is 0 Å². The Bertz CT molecular complexity index is 1300. The second kappa shape index (κ2) is 14.0. The molecule has 0 unspecified atom stereocenters. The van der Waals surface area contributed by atoms with Crippen LogP contribution in [-0.2, 0) is 32.6 Å². The van der Waals surface area contributed by atoms with E-state index >= 15 is 0 Å². The third-order valence-electron chi connectivity index (χ3n) is 6.07. The minimum Gasteiger partial charge on any atom is -0.354 e. The van der Waals surface area contributed by atoms with Crippen molar-refractivity contribution >= 4 is 39.1 Å². The number of benzene rings is 3. The summed E-state index contributed by atoms with van der Waals surface area (Å²) < 4.78 is 26.5. The molecule has 0 aliphatic rings. The molecule has 0 fully saturated rings. The van der Waals surface area contributed by atoms with Crippen molar-refractivity contribution in [2.75, 3.05) is 23.7 Å². The zero-order chi connectivity index (χ0) is 27.5. The Morgan fingerprint density at radius 2 is 1.55 bits per heavy atom. The second-order valence-corrected chi connectivity index (χ2v) is 11.5. The van der Waals surface area contributed by atoms with Gasteiger partial charge >= 0.3 is 0 Å². The predicted molar refractivity (Wildman–Crippen MR) is 152 cm³/mol. The Kier molecular flexibility index (Phi) is 10.7. The molecule has 1 atom stereocenters. The lowest BCUT2D eigenvalue weighted by atomic mass is 10.0. The van der Waals surface area contributed by atoms with Crippen LogP contribution in [0.4, 0.5) is 5.69 Å². The third-order valence-corrected chi connectivity index (χ3v) is 7.45. The number of sulfonamides is 1. The van der Waals surface area contributed by atoms with Crippen LogP contribution in [0.5, 0.6) is 0 Å². The minimum atomic E-state index is -3.83. The summed E-state index contributed by atoms with van der Waals surface area (Å²) in [5.41, 5.74) is 2.00. The fourth-order valence-corrected chi connectivity index (χ4v) is 5.11. The quantitative estimate of drug-likeness (QED) is 0.311. The van der Waals surface area contributed by atoms with Crippen LogP contribution < -0.4 is 9.62 Å². The number of nitrogens with zero attached hydrogens (tertiary/aromatic N) is 2. The molecule has 0 bridgehead atoms.